The maximum atomic E-state index is 11.8. The zero-order valence-corrected chi connectivity index (χ0v) is 10.3. The number of ether oxygens (including phenoxy) is 1. The van der Waals surface area contributed by atoms with Crippen molar-refractivity contribution in [3.8, 4) is 0 Å². The number of carbonyl (C=O) groups is 2. The Kier molecular flexibility index (Phi) is 4.53. The summed E-state index contributed by atoms with van der Waals surface area (Å²) in [7, 11) is 1.31. The first-order chi connectivity index (χ1) is 7.10. The molecule has 0 aliphatic carbocycles. The molecule has 1 aliphatic rings. The summed E-state index contributed by atoms with van der Waals surface area (Å²) in [6, 6.07) is 0. The molecule has 0 radical (unpaired) electrons. The van der Waals surface area contributed by atoms with E-state index < -0.39 is 5.25 Å². The number of carbonyl (C=O) groups excluding carboxylic acids is 2. The number of rotatable bonds is 4. The molecule has 1 saturated heterocycles. The third kappa shape index (κ3) is 2.92. The minimum Gasteiger partial charge on any atom is -0.469 e. The van der Waals surface area contributed by atoms with Gasteiger partial charge in [-0.15, -0.1) is 0 Å². The van der Waals surface area contributed by atoms with Crippen LogP contribution in [0.15, 0.2) is 0 Å². The molecule has 1 unspecified atom stereocenters. The van der Waals surface area contributed by atoms with Crippen molar-refractivity contribution in [1.29, 1.82) is 0 Å². The second-order valence-electron chi connectivity index (χ2n) is 3.14. The van der Waals surface area contributed by atoms with E-state index in [2.05, 4.69) is 4.74 Å². The molecule has 0 aromatic rings. The maximum Gasteiger partial charge on any atom is 0.307 e. The van der Waals surface area contributed by atoms with Gasteiger partial charge in [-0.25, -0.2) is 0 Å². The molecule has 4 nitrogen and oxygen atoms in total. The Morgan fingerprint density at radius 2 is 2.33 bits per heavy atom. The lowest BCUT2D eigenvalue weighted by atomic mass is 10.2. The molecule has 0 N–H and O–H groups in total. The van der Waals surface area contributed by atoms with E-state index in [1.807, 2.05) is 6.92 Å². The van der Waals surface area contributed by atoms with Crippen LogP contribution in [0.25, 0.3) is 0 Å². The Morgan fingerprint density at radius 3 is 2.87 bits per heavy atom. The van der Waals surface area contributed by atoms with E-state index in [0.717, 1.165) is 6.42 Å². The number of thiocarbonyl (C=S) groups is 1. The summed E-state index contributed by atoms with van der Waals surface area (Å²) >= 11 is 6.34. The van der Waals surface area contributed by atoms with Crippen molar-refractivity contribution in [1.82, 2.24) is 4.90 Å². The largest absolute Gasteiger partial charge is 0.469 e. The van der Waals surface area contributed by atoms with Gasteiger partial charge in [-0.3, -0.25) is 14.5 Å². The minimum atomic E-state index is -0.392. The van der Waals surface area contributed by atoms with Crippen molar-refractivity contribution in [3.63, 3.8) is 0 Å². The lowest BCUT2D eigenvalue weighted by Gasteiger charge is -2.13. The van der Waals surface area contributed by atoms with Gasteiger partial charge in [0.15, 0.2) is 0 Å². The fourth-order valence-corrected chi connectivity index (χ4v) is 2.82. The van der Waals surface area contributed by atoms with Gasteiger partial charge in [-0.05, 0) is 6.42 Å². The van der Waals surface area contributed by atoms with Crippen LogP contribution in [0.4, 0.5) is 0 Å². The average molecular weight is 247 g/mol. The van der Waals surface area contributed by atoms with Crippen molar-refractivity contribution >= 4 is 40.2 Å². The summed E-state index contributed by atoms with van der Waals surface area (Å²) in [4.78, 5) is 24.4. The number of amides is 1. The summed E-state index contributed by atoms with van der Waals surface area (Å²) in [5.74, 6) is -0.445. The van der Waals surface area contributed by atoms with Gasteiger partial charge >= 0.3 is 5.97 Å². The molecule has 0 aromatic carbocycles. The first kappa shape index (κ1) is 12.4. The van der Waals surface area contributed by atoms with Gasteiger partial charge < -0.3 is 4.74 Å². The van der Waals surface area contributed by atoms with Crippen LogP contribution in [0.3, 0.4) is 0 Å². The lowest BCUT2D eigenvalue weighted by molar-refractivity contribution is -0.142. The van der Waals surface area contributed by atoms with E-state index in [4.69, 9.17) is 12.2 Å². The van der Waals surface area contributed by atoms with E-state index in [-0.39, 0.29) is 18.3 Å². The third-order valence-electron chi connectivity index (χ3n) is 2.03. The van der Waals surface area contributed by atoms with E-state index in [0.29, 0.717) is 10.9 Å². The van der Waals surface area contributed by atoms with Gasteiger partial charge in [0.25, 0.3) is 0 Å². The highest BCUT2D eigenvalue weighted by atomic mass is 32.2. The highest BCUT2D eigenvalue weighted by molar-refractivity contribution is 8.24. The SMILES string of the molecule is CCCN1C(=O)C(CC(=O)OC)SC1=S. The second-order valence-corrected chi connectivity index (χ2v) is 4.98. The summed E-state index contributed by atoms with van der Waals surface area (Å²) in [6.07, 6.45) is 0.956. The van der Waals surface area contributed by atoms with Crippen LogP contribution in [0, 0.1) is 0 Å². The molecule has 0 spiro atoms. The zero-order valence-electron chi connectivity index (χ0n) is 8.69. The molecular weight excluding hydrogens is 234 g/mol. The van der Waals surface area contributed by atoms with Crippen molar-refractivity contribution < 1.29 is 14.3 Å². The van der Waals surface area contributed by atoms with E-state index in [9.17, 15) is 9.59 Å². The smallest absolute Gasteiger partial charge is 0.307 e. The average Bonchev–Trinajstić information content (AvgIpc) is 2.46. The van der Waals surface area contributed by atoms with Gasteiger partial charge in [0.05, 0.1) is 13.5 Å². The van der Waals surface area contributed by atoms with Gasteiger partial charge in [-0.1, -0.05) is 30.9 Å². The fraction of sp³-hybridized carbons (Fsp3) is 0.667. The second kappa shape index (κ2) is 5.46. The number of thioether (sulfide) groups is 1. The normalized spacial score (nSPS) is 20.9. The van der Waals surface area contributed by atoms with E-state index >= 15 is 0 Å². The van der Waals surface area contributed by atoms with Crippen LogP contribution in [0.5, 0.6) is 0 Å². The standard InChI is InChI=1S/C9H13NO3S2/c1-3-4-10-8(12)6(15-9(10)14)5-7(11)13-2/h6H,3-5H2,1-2H3. The van der Waals surface area contributed by atoms with Gasteiger partial charge in [-0.2, -0.15) is 0 Å². The van der Waals surface area contributed by atoms with Crippen LogP contribution in [-0.2, 0) is 14.3 Å². The number of hydrogen-bond acceptors (Lipinski definition) is 5. The highest BCUT2D eigenvalue weighted by Crippen LogP contribution is 2.29. The maximum absolute atomic E-state index is 11.8. The summed E-state index contributed by atoms with van der Waals surface area (Å²) in [5.41, 5.74) is 0. The predicted molar refractivity (Wildman–Crippen MR) is 62.6 cm³/mol. The Bertz CT molecular complexity index is 293. The number of esters is 1. The molecule has 0 aromatic heterocycles. The topological polar surface area (TPSA) is 46.6 Å². The minimum absolute atomic E-state index is 0.0720. The highest BCUT2D eigenvalue weighted by Gasteiger charge is 2.37. The van der Waals surface area contributed by atoms with E-state index in [1.54, 1.807) is 4.90 Å². The monoisotopic (exact) mass is 247 g/mol. The molecule has 1 fully saturated rings. The molecule has 84 valence electrons. The van der Waals surface area contributed by atoms with Gasteiger partial charge in [0.1, 0.15) is 9.57 Å². The van der Waals surface area contributed by atoms with Crippen LogP contribution in [0.2, 0.25) is 0 Å². The predicted octanol–water partition coefficient (Wildman–Crippen LogP) is 1.19. The zero-order chi connectivity index (χ0) is 11.4. The van der Waals surface area contributed by atoms with Crippen LogP contribution in [0.1, 0.15) is 19.8 Å². The molecule has 1 aliphatic heterocycles. The lowest BCUT2D eigenvalue weighted by Crippen LogP contribution is -2.32. The Hall–Kier alpha value is -0.620. The number of methoxy groups -OCH3 is 1. The first-order valence-corrected chi connectivity index (χ1v) is 5.97. The van der Waals surface area contributed by atoms with Crippen molar-refractivity contribution in [2.75, 3.05) is 13.7 Å². The molecule has 1 atom stereocenters. The first-order valence-electron chi connectivity index (χ1n) is 4.69. The molecule has 1 heterocycles. The number of hydrogen-bond donors (Lipinski definition) is 0. The van der Waals surface area contributed by atoms with Crippen molar-refractivity contribution in [2.24, 2.45) is 0 Å². The molecule has 6 heteroatoms. The Morgan fingerprint density at radius 1 is 1.67 bits per heavy atom. The summed E-state index contributed by atoms with van der Waals surface area (Å²) in [6.45, 7) is 2.61. The molecule has 0 saturated carbocycles. The molecule has 1 rings (SSSR count). The Balaban J connectivity index is 2.60. The van der Waals surface area contributed by atoms with Crippen LogP contribution in [-0.4, -0.2) is 40.0 Å². The van der Waals surface area contributed by atoms with Gasteiger partial charge in [0.2, 0.25) is 5.91 Å². The third-order valence-corrected chi connectivity index (χ3v) is 3.62. The van der Waals surface area contributed by atoms with Gasteiger partial charge in [0, 0.05) is 6.54 Å². The molecule has 1 amide bonds. The Labute approximate surface area is 98.3 Å². The van der Waals surface area contributed by atoms with Crippen LogP contribution < -0.4 is 0 Å². The molecule has 0 bridgehead atoms. The van der Waals surface area contributed by atoms with Crippen LogP contribution >= 0.6 is 24.0 Å². The van der Waals surface area contributed by atoms with E-state index in [1.165, 1.54) is 18.9 Å². The fourth-order valence-electron chi connectivity index (χ4n) is 1.29. The summed E-state index contributed by atoms with van der Waals surface area (Å²) in [5, 5.41) is -0.392. The van der Waals surface area contributed by atoms with Crippen molar-refractivity contribution in [2.45, 2.75) is 25.0 Å². The number of nitrogens with zero attached hydrogens (tertiary/aromatic N) is 1. The summed E-state index contributed by atoms with van der Waals surface area (Å²) < 4.78 is 5.09. The molecular formula is C9H13NO3S2. The quantitative estimate of drug-likeness (QED) is 0.551. The molecule has 15 heavy (non-hydrogen) atoms. The van der Waals surface area contributed by atoms with Crippen molar-refractivity contribution in [3.05, 3.63) is 0 Å².